The molecule has 0 fully saturated rings. The molecule has 5 rings (SSSR count). The number of fused-ring (bicyclic) bond motifs is 1. The van der Waals surface area contributed by atoms with Crippen molar-refractivity contribution in [3.05, 3.63) is 84.7 Å². The average molecular weight is 397 g/mol. The van der Waals surface area contributed by atoms with E-state index in [1.165, 1.54) is 12.1 Å². The SMILES string of the molecule is Cn1cnnc1-c1cc(F)ccc1-c1cccc(-c2cn3ccc(C=O)cc3n2)c1. The topological polar surface area (TPSA) is 65.1 Å². The Labute approximate surface area is 171 Å². The normalized spacial score (nSPS) is 11.1. The molecule has 0 saturated heterocycles. The van der Waals surface area contributed by atoms with Crippen LogP contribution in [0.1, 0.15) is 10.4 Å². The van der Waals surface area contributed by atoms with Gasteiger partial charge >= 0.3 is 0 Å². The van der Waals surface area contributed by atoms with Crippen LogP contribution in [0.4, 0.5) is 4.39 Å². The minimum Gasteiger partial charge on any atom is -0.317 e. The molecule has 0 unspecified atom stereocenters. The number of aldehydes is 1. The van der Waals surface area contributed by atoms with Crippen molar-refractivity contribution >= 4 is 11.9 Å². The van der Waals surface area contributed by atoms with E-state index in [0.29, 0.717) is 22.6 Å². The maximum absolute atomic E-state index is 14.0. The third-order valence-corrected chi connectivity index (χ3v) is 5.02. The van der Waals surface area contributed by atoms with Crippen LogP contribution in [0.5, 0.6) is 0 Å². The molecular weight excluding hydrogens is 381 g/mol. The highest BCUT2D eigenvalue weighted by atomic mass is 19.1. The molecule has 3 aromatic heterocycles. The summed E-state index contributed by atoms with van der Waals surface area (Å²) < 4.78 is 17.6. The van der Waals surface area contributed by atoms with E-state index in [-0.39, 0.29) is 5.82 Å². The van der Waals surface area contributed by atoms with Gasteiger partial charge in [0.1, 0.15) is 24.1 Å². The fourth-order valence-electron chi connectivity index (χ4n) is 3.54. The van der Waals surface area contributed by atoms with Crippen molar-refractivity contribution in [2.24, 2.45) is 7.05 Å². The van der Waals surface area contributed by atoms with E-state index in [2.05, 4.69) is 15.2 Å². The lowest BCUT2D eigenvalue weighted by Gasteiger charge is -2.10. The smallest absolute Gasteiger partial charge is 0.164 e. The standard InChI is InChI=1S/C23H16FN5O/c1-28-14-25-27-23(28)20-11-18(24)5-6-19(20)16-3-2-4-17(10-16)21-12-29-8-7-15(13-30)9-22(29)26-21/h2-14H,1H3. The highest BCUT2D eigenvalue weighted by Crippen LogP contribution is 2.33. The van der Waals surface area contributed by atoms with Crippen LogP contribution in [0.25, 0.3) is 39.4 Å². The monoisotopic (exact) mass is 397 g/mol. The van der Waals surface area contributed by atoms with Crippen LogP contribution in [0.2, 0.25) is 0 Å². The minimum atomic E-state index is -0.334. The summed E-state index contributed by atoms with van der Waals surface area (Å²) in [6, 6.07) is 16.0. The van der Waals surface area contributed by atoms with Gasteiger partial charge in [0.25, 0.3) is 0 Å². The van der Waals surface area contributed by atoms with Crippen molar-refractivity contribution in [1.82, 2.24) is 24.1 Å². The first-order valence-corrected chi connectivity index (χ1v) is 9.31. The molecule has 0 amide bonds. The van der Waals surface area contributed by atoms with Gasteiger partial charge in [-0.2, -0.15) is 0 Å². The minimum absolute atomic E-state index is 0.334. The summed E-state index contributed by atoms with van der Waals surface area (Å²) in [7, 11) is 1.82. The summed E-state index contributed by atoms with van der Waals surface area (Å²) >= 11 is 0. The average Bonchev–Trinajstić information content (AvgIpc) is 3.39. The molecule has 6 nitrogen and oxygen atoms in total. The van der Waals surface area contributed by atoms with Crippen molar-refractivity contribution in [3.63, 3.8) is 0 Å². The molecule has 146 valence electrons. The summed E-state index contributed by atoms with van der Waals surface area (Å²) in [6.07, 6.45) is 6.12. The number of aromatic nitrogens is 5. The fraction of sp³-hybridized carbons (Fsp3) is 0.0435. The van der Waals surface area contributed by atoms with Gasteiger partial charge in [-0.05, 0) is 41.5 Å². The van der Waals surface area contributed by atoms with E-state index >= 15 is 0 Å². The first-order valence-electron chi connectivity index (χ1n) is 9.31. The number of benzene rings is 2. The van der Waals surface area contributed by atoms with Gasteiger partial charge in [-0.3, -0.25) is 4.79 Å². The van der Waals surface area contributed by atoms with Crippen molar-refractivity contribution in [3.8, 4) is 33.8 Å². The molecule has 0 atom stereocenters. The number of hydrogen-bond donors (Lipinski definition) is 0. The molecule has 0 N–H and O–H groups in total. The zero-order chi connectivity index (χ0) is 20.7. The van der Waals surface area contributed by atoms with Gasteiger partial charge in [-0.15, -0.1) is 10.2 Å². The third-order valence-electron chi connectivity index (χ3n) is 5.02. The van der Waals surface area contributed by atoms with E-state index < -0.39 is 0 Å². The fourth-order valence-corrected chi connectivity index (χ4v) is 3.54. The van der Waals surface area contributed by atoms with Crippen molar-refractivity contribution in [1.29, 1.82) is 0 Å². The second-order valence-electron chi connectivity index (χ2n) is 7.01. The van der Waals surface area contributed by atoms with E-state index in [0.717, 1.165) is 28.7 Å². The lowest BCUT2D eigenvalue weighted by atomic mass is 9.97. The Bertz CT molecular complexity index is 1400. The van der Waals surface area contributed by atoms with Gasteiger partial charge in [0.05, 0.1) is 5.69 Å². The van der Waals surface area contributed by atoms with Crippen molar-refractivity contribution in [2.45, 2.75) is 0 Å². The number of carbonyl (C=O) groups excluding carboxylic acids is 1. The summed E-state index contributed by atoms with van der Waals surface area (Å²) in [6.45, 7) is 0. The van der Waals surface area contributed by atoms with Crippen molar-refractivity contribution in [2.75, 3.05) is 0 Å². The number of pyridine rings is 1. The number of aryl methyl sites for hydroxylation is 1. The molecule has 7 heteroatoms. The molecule has 2 aromatic carbocycles. The molecule has 0 aliphatic rings. The number of hydrogen-bond acceptors (Lipinski definition) is 4. The zero-order valence-corrected chi connectivity index (χ0v) is 16.0. The van der Waals surface area contributed by atoms with Gasteiger partial charge in [0.2, 0.25) is 0 Å². The first kappa shape index (κ1) is 17.9. The predicted molar refractivity (Wildman–Crippen MR) is 111 cm³/mol. The summed E-state index contributed by atoms with van der Waals surface area (Å²) in [5.74, 6) is 0.253. The van der Waals surface area contributed by atoms with Gasteiger partial charge in [0.15, 0.2) is 5.82 Å². The van der Waals surface area contributed by atoms with E-state index in [4.69, 9.17) is 0 Å². The second kappa shape index (κ2) is 7.04. The molecule has 3 heterocycles. The van der Waals surface area contributed by atoms with Crippen LogP contribution in [0.15, 0.2) is 73.3 Å². The molecular formula is C23H16FN5O. The number of halogens is 1. The highest BCUT2D eigenvalue weighted by molar-refractivity contribution is 5.83. The van der Waals surface area contributed by atoms with E-state index in [1.807, 2.05) is 48.1 Å². The Morgan fingerprint density at radius 3 is 2.67 bits per heavy atom. The van der Waals surface area contributed by atoms with Crippen LogP contribution in [0.3, 0.4) is 0 Å². The maximum Gasteiger partial charge on any atom is 0.164 e. The highest BCUT2D eigenvalue weighted by Gasteiger charge is 2.14. The Morgan fingerprint density at radius 1 is 1.00 bits per heavy atom. The van der Waals surface area contributed by atoms with Crippen molar-refractivity contribution < 1.29 is 9.18 Å². The second-order valence-corrected chi connectivity index (χ2v) is 7.01. The molecule has 0 aliphatic carbocycles. The Kier molecular flexibility index (Phi) is 4.21. The van der Waals surface area contributed by atoms with Gasteiger partial charge in [-0.1, -0.05) is 24.3 Å². The maximum atomic E-state index is 14.0. The molecule has 0 bridgehead atoms. The van der Waals surface area contributed by atoms with E-state index in [9.17, 15) is 9.18 Å². The Hall–Kier alpha value is -4.13. The number of nitrogens with zero attached hydrogens (tertiary/aromatic N) is 5. The molecule has 0 radical (unpaired) electrons. The quantitative estimate of drug-likeness (QED) is 0.421. The Balaban J connectivity index is 1.63. The Morgan fingerprint density at radius 2 is 1.87 bits per heavy atom. The molecule has 0 aliphatic heterocycles. The van der Waals surface area contributed by atoms with Crippen LogP contribution < -0.4 is 0 Å². The molecule has 0 spiro atoms. The van der Waals surface area contributed by atoms with Gasteiger partial charge in [0, 0.05) is 36.1 Å². The van der Waals surface area contributed by atoms with Gasteiger partial charge in [-0.25, -0.2) is 9.37 Å². The molecule has 30 heavy (non-hydrogen) atoms. The van der Waals surface area contributed by atoms with Crippen LogP contribution >= 0.6 is 0 Å². The largest absolute Gasteiger partial charge is 0.317 e. The summed E-state index contributed by atoms with van der Waals surface area (Å²) in [4.78, 5) is 15.7. The van der Waals surface area contributed by atoms with Crippen LogP contribution in [0, 0.1) is 5.82 Å². The zero-order valence-electron chi connectivity index (χ0n) is 16.0. The number of imidazole rings is 1. The molecule has 0 saturated carbocycles. The van der Waals surface area contributed by atoms with Crippen LogP contribution in [-0.4, -0.2) is 30.4 Å². The van der Waals surface area contributed by atoms with E-state index in [1.54, 1.807) is 29.1 Å². The van der Waals surface area contributed by atoms with Crippen LogP contribution in [-0.2, 0) is 7.05 Å². The number of carbonyl (C=O) groups is 1. The third kappa shape index (κ3) is 3.06. The lowest BCUT2D eigenvalue weighted by molar-refractivity contribution is 0.112. The predicted octanol–water partition coefficient (Wildman–Crippen LogP) is 4.42. The summed E-state index contributed by atoms with van der Waals surface area (Å²) in [5.41, 5.74) is 5.39. The lowest BCUT2D eigenvalue weighted by Crippen LogP contribution is -1.95. The first-order chi connectivity index (χ1) is 14.6. The number of rotatable bonds is 4. The summed E-state index contributed by atoms with van der Waals surface area (Å²) in [5, 5.41) is 8.06. The van der Waals surface area contributed by atoms with Gasteiger partial charge < -0.3 is 8.97 Å². The molecule has 5 aromatic rings.